The Morgan fingerprint density at radius 3 is 2.52 bits per heavy atom. The summed E-state index contributed by atoms with van der Waals surface area (Å²) in [6.45, 7) is 2.79. The fraction of sp³-hybridized carbons (Fsp3) is 0.519. The van der Waals surface area contributed by atoms with Crippen LogP contribution < -0.4 is 16.0 Å². The van der Waals surface area contributed by atoms with Crippen LogP contribution in [-0.2, 0) is 36.1 Å². The van der Waals surface area contributed by atoms with E-state index in [2.05, 4.69) is 4.36 Å². The quantitative estimate of drug-likeness (QED) is 0.400. The van der Waals surface area contributed by atoms with Gasteiger partial charge in [-0.3, -0.25) is 9.36 Å². The van der Waals surface area contributed by atoms with Gasteiger partial charge in [0.2, 0.25) is 0 Å². The summed E-state index contributed by atoms with van der Waals surface area (Å²) in [4.78, 5) is 40.5. The van der Waals surface area contributed by atoms with Gasteiger partial charge in [0.1, 0.15) is 27.2 Å². The summed E-state index contributed by atoms with van der Waals surface area (Å²) in [6, 6.07) is 7.37. The van der Waals surface area contributed by atoms with Crippen molar-refractivity contribution in [2.24, 2.45) is 4.36 Å². The van der Waals surface area contributed by atoms with Crippen molar-refractivity contribution in [3.63, 3.8) is 0 Å². The molecule has 0 bridgehead atoms. The third kappa shape index (κ3) is 5.22. The lowest BCUT2D eigenvalue weighted by Crippen LogP contribution is -2.49. The van der Waals surface area contributed by atoms with Crippen LogP contribution in [-0.4, -0.2) is 63.4 Å². The Morgan fingerprint density at radius 2 is 1.93 bits per heavy atom. The zero-order valence-electron chi connectivity index (χ0n) is 22.9. The standard InChI is InChI=1S/C27H33N3O8S2/c1-16-21-23(31)30(27(11-12-27)25(32)33)26(34)29(24(21)39-22(16)28-40(3,4)35)15-20(38-17-9-13-37-14-10-17)18-7-5-6-8-19(18)36-2/h5-8,17,20H,9-15H2,1-4H3,(H,32,33). The van der Waals surface area contributed by atoms with Gasteiger partial charge in [-0.05, 0) is 38.7 Å². The number of carboxylic acid groups (broad SMARTS) is 1. The maximum Gasteiger partial charge on any atom is 0.333 e. The Morgan fingerprint density at radius 1 is 1.25 bits per heavy atom. The van der Waals surface area contributed by atoms with Crippen LogP contribution in [0.25, 0.3) is 10.2 Å². The van der Waals surface area contributed by atoms with Crippen LogP contribution >= 0.6 is 11.3 Å². The fourth-order valence-corrected chi connectivity index (χ4v) is 7.44. The van der Waals surface area contributed by atoms with Crippen molar-refractivity contribution >= 4 is 42.3 Å². The third-order valence-electron chi connectivity index (χ3n) is 7.40. The molecule has 0 spiro atoms. The number of para-hydroxylation sites is 1. The number of carbonyl (C=O) groups is 1. The van der Waals surface area contributed by atoms with Gasteiger partial charge >= 0.3 is 11.7 Å². The van der Waals surface area contributed by atoms with Crippen molar-refractivity contribution in [2.75, 3.05) is 32.8 Å². The topological polar surface area (TPSA) is 138 Å². The minimum atomic E-state index is -2.57. The van der Waals surface area contributed by atoms with E-state index in [1.807, 2.05) is 24.3 Å². The SMILES string of the molecule is COc1ccccc1C(Cn1c(=O)n(C2(C(=O)O)CC2)c(=O)c2c(C)c(N=S(C)(C)=O)sc21)OC1CCOCC1. The maximum atomic E-state index is 14.1. The van der Waals surface area contributed by atoms with E-state index < -0.39 is 38.6 Å². The van der Waals surface area contributed by atoms with Gasteiger partial charge < -0.3 is 19.3 Å². The first kappa shape index (κ1) is 28.5. The predicted octanol–water partition coefficient (Wildman–Crippen LogP) is 3.41. The van der Waals surface area contributed by atoms with E-state index in [9.17, 15) is 23.7 Å². The van der Waals surface area contributed by atoms with Gasteiger partial charge in [-0.1, -0.05) is 29.5 Å². The number of fused-ring (bicyclic) bond motifs is 1. The molecule has 1 unspecified atom stereocenters. The number of methoxy groups -OCH3 is 1. The Bertz CT molecular complexity index is 1690. The number of rotatable bonds is 9. The number of carboxylic acids is 1. The van der Waals surface area contributed by atoms with E-state index in [1.165, 1.54) is 17.1 Å². The Kier molecular flexibility index (Phi) is 7.68. The number of aliphatic carboxylic acids is 1. The normalized spacial score (nSPS) is 18.0. The van der Waals surface area contributed by atoms with Crippen LogP contribution in [0.15, 0.2) is 38.2 Å². The van der Waals surface area contributed by atoms with Crippen LogP contribution in [0.2, 0.25) is 0 Å². The molecule has 40 heavy (non-hydrogen) atoms. The molecule has 1 aliphatic heterocycles. The molecule has 1 N–H and O–H groups in total. The van der Waals surface area contributed by atoms with E-state index in [4.69, 9.17) is 14.2 Å². The number of aryl methyl sites for hydroxylation is 1. The summed E-state index contributed by atoms with van der Waals surface area (Å²) in [7, 11) is -1.02. The first-order valence-corrected chi connectivity index (χ1v) is 16.2. The first-order valence-electron chi connectivity index (χ1n) is 13.0. The lowest BCUT2D eigenvalue weighted by molar-refractivity contribution is -0.142. The van der Waals surface area contributed by atoms with Gasteiger partial charge in [0.15, 0.2) is 0 Å². The number of nitrogens with zero attached hydrogens (tertiary/aromatic N) is 3. The maximum absolute atomic E-state index is 14.1. The van der Waals surface area contributed by atoms with Crippen LogP contribution in [0.5, 0.6) is 5.75 Å². The Hall–Kier alpha value is -3.00. The number of hydrogen-bond acceptors (Lipinski definition) is 9. The predicted molar refractivity (Wildman–Crippen MR) is 153 cm³/mol. The highest BCUT2D eigenvalue weighted by Crippen LogP contribution is 2.43. The average Bonchev–Trinajstić information content (AvgIpc) is 3.65. The van der Waals surface area contributed by atoms with Gasteiger partial charge in [-0.15, -0.1) is 0 Å². The highest BCUT2D eigenvalue weighted by atomic mass is 32.2. The summed E-state index contributed by atoms with van der Waals surface area (Å²) in [5, 5.41) is 10.6. The summed E-state index contributed by atoms with van der Waals surface area (Å²) in [6.07, 6.45) is 3.91. The molecule has 3 aromatic rings. The second-order valence-electron chi connectivity index (χ2n) is 10.5. The van der Waals surface area contributed by atoms with Gasteiger partial charge in [0, 0.05) is 46.6 Å². The number of ether oxygens (including phenoxy) is 3. The van der Waals surface area contributed by atoms with Crippen molar-refractivity contribution < 1.29 is 28.3 Å². The fourth-order valence-electron chi connectivity index (χ4n) is 5.17. The number of thiophene rings is 1. The molecule has 3 heterocycles. The Balaban J connectivity index is 1.76. The molecule has 1 atom stereocenters. The lowest BCUT2D eigenvalue weighted by Gasteiger charge is -2.29. The molecule has 13 heteroatoms. The van der Waals surface area contributed by atoms with Crippen LogP contribution in [0.3, 0.4) is 0 Å². The minimum absolute atomic E-state index is 0.00391. The van der Waals surface area contributed by atoms with Crippen molar-refractivity contribution in [2.45, 2.75) is 56.9 Å². The van der Waals surface area contributed by atoms with E-state index >= 15 is 0 Å². The number of hydrogen-bond donors (Lipinski definition) is 1. The van der Waals surface area contributed by atoms with Crippen molar-refractivity contribution in [3.8, 4) is 5.75 Å². The highest BCUT2D eigenvalue weighted by Gasteiger charge is 2.55. The molecule has 216 valence electrons. The zero-order chi connectivity index (χ0) is 28.8. The van der Waals surface area contributed by atoms with Crippen LogP contribution in [0.1, 0.15) is 42.9 Å². The summed E-state index contributed by atoms with van der Waals surface area (Å²) in [5.41, 5.74) is -1.82. The molecule has 2 aromatic heterocycles. The molecular weight excluding hydrogens is 558 g/mol. The molecule has 0 radical (unpaired) electrons. The lowest BCUT2D eigenvalue weighted by atomic mass is 10.1. The smallest absolute Gasteiger partial charge is 0.333 e. The number of aromatic nitrogens is 2. The monoisotopic (exact) mass is 591 g/mol. The van der Waals surface area contributed by atoms with Crippen molar-refractivity contribution in [1.29, 1.82) is 0 Å². The van der Waals surface area contributed by atoms with Crippen molar-refractivity contribution in [1.82, 2.24) is 9.13 Å². The summed E-state index contributed by atoms with van der Waals surface area (Å²) < 4.78 is 36.9. The van der Waals surface area contributed by atoms with E-state index in [0.717, 1.165) is 21.5 Å². The molecular formula is C27H33N3O8S2. The average molecular weight is 592 g/mol. The van der Waals surface area contributed by atoms with E-state index in [-0.39, 0.29) is 30.9 Å². The largest absolute Gasteiger partial charge is 0.496 e. The van der Waals surface area contributed by atoms with Gasteiger partial charge in [0.05, 0.1) is 25.1 Å². The van der Waals surface area contributed by atoms with Gasteiger partial charge in [-0.25, -0.2) is 18.4 Å². The minimum Gasteiger partial charge on any atom is -0.496 e. The molecule has 2 fully saturated rings. The van der Waals surface area contributed by atoms with Gasteiger partial charge in [-0.2, -0.15) is 4.36 Å². The van der Waals surface area contributed by atoms with E-state index in [0.29, 0.717) is 47.2 Å². The second kappa shape index (κ2) is 10.8. The molecule has 1 aliphatic carbocycles. The first-order chi connectivity index (χ1) is 19.0. The molecule has 5 rings (SSSR count). The van der Waals surface area contributed by atoms with Crippen molar-refractivity contribution in [3.05, 3.63) is 56.2 Å². The molecule has 11 nitrogen and oxygen atoms in total. The van der Waals surface area contributed by atoms with Gasteiger partial charge in [0.25, 0.3) is 5.56 Å². The molecule has 1 saturated carbocycles. The Labute approximate surface area is 235 Å². The molecule has 1 aromatic carbocycles. The van der Waals surface area contributed by atoms with E-state index in [1.54, 1.807) is 14.0 Å². The molecule has 1 saturated heterocycles. The van der Waals surface area contributed by atoms with Crippen LogP contribution in [0.4, 0.5) is 5.00 Å². The molecule has 0 amide bonds. The highest BCUT2D eigenvalue weighted by molar-refractivity contribution is 7.92. The summed E-state index contributed by atoms with van der Waals surface area (Å²) in [5.74, 6) is -0.642. The summed E-state index contributed by atoms with van der Waals surface area (Å²) >= 11 is 1.10. The zero-order valence-corrected chi connectivity index (χ0v) is 24.5. The second-order valence-corrected chi connectivity index (χ2v) is 14.1. The number of benzene rings is 1. The third-order valence-corrected chi connectivity index (χ3v) is 9.35. The molecule has 2 aliphatic rings. The van der Waals surface area contributed by atoms with Crippen LogP contribution in [0, 0.1) is 6.92 Å².